The van der Waals surface area contributed by atoms with E-state index < -0.39 is 17.7 Å². The average Bonchev–Trinajstić information content (AvgIpc) is 3.19. The summed E-state index contributed by atoms with van der Waals surface area (Å²) in [5.41, 5.74) is 8.40. The maximum atomic E-state index is 13.8. The molecule has 1 aliphatic heterocycles. The Hall–Kier alpha value is -2.29. The van der Waals surface area contributed by atoms with Crippen LogP contribution in [0, 0.1) is 11.6 Å². The number of aromatic nitrogens is 1. The van der Waals surface area contributed by atoms with Crippen molar-refractivity contribution in [1.82, 2.24) is 9.88 Å². The minimum atomic E-state index is -0.572. The second-order valence-electron chi connectivity index (χ2n) is 7.59. The van der Waals surface area contributed by atoms with Gasteiger partial charge < -0.3 is 10.6 Å². The van der Waals surface area contributed by atoms with Gasteiger partial charge in [0.1, 0.15) is 16.6 Å². The van der Waals surface area contributed by atoms with Gasteiger partial charge >= 0.3 is 0 Å². The van der Waals surface area contributed by atoms with Crippen molar-refractivity contribution in [2.24, 2.45) is 5.73 Å². The normalized spacial score (nSPS) is 14.4. The lowest BCUT2D eigenvalue weighted by atomic mass is 10.0. The third-order valence-electron chi connectivity index (χ3n) is 5.35. The summed E-state index contributed by atoms with van der Waals surface area (Å²) >= 11 is 3.31. The molecule has 1 amide bonds. The molecule has 0 bridgehead atoms. The molecule has 2 heterocycles. The van der Waals surface area contributed by atoms with E-state index in [2.05, 4.69) is 24.3 Å². The van der Waals surface area contributed by atoms with E-state index in [4.69, 9.17) is 10.7 Å². The topological polar surface area (TPSA) is 59.2 Å². The number of carbonyl (C=O) groups is 1. The third-order valence-corrected chi connectivity index (χ3v) is 7.22. The molecule has 0 aliphatic carbocycles. The molecule has 1 aliphatic rings. The van der Waals surface area contributed by atoms with Gasteiger partial charge in [-0.05, 0) is 48.6 Å². The van der Waals surface area contributed by atoms with Gasteiger partial charge in [0.05, 0.1) is 12.2 Å². The number of carbonyl (C=O) groups excluding carboxylic acids is 1. The van der Waals surface area contributed by atoms with Crippen molar-refractivity contribution in [3.05, 3.63) is 70.2 Å². The summed E-state index contributed by atoms with van der Waals surface area (Å²) in [6.07, 6.45) is 2.95. The maximum absolute atomic E-state index is 13.8. The number of nitrogens with two attached hydrogens (primary N) is 1. The van der Waals surface area contributed by atoms with Crippen LogP contribution in [0.1, 0.15) is 22.6 Å². The molecule has 8 heteroatoms. The Bertz CT molecular complexity index is 1080. The highest BCUT2D eigenvalue weighted by Gasteiger charge is 2.25. The quantitative estimate of drug-likeness (QED) is 0.545. The van der Waals surface area contributed by atoms with Gasteiger partial charge in [0.2, 0.25) is 5.91 Å². The van der Waals surface area contributed by atoms with Crippen molar-refractivity contribution in [3.63, 3.8) is 0 Å². The SMILES string of the molecule is CSc1ccc(-c2nc3c(s2)CN(C(=O)C[C@H](N)Cc2cc(F)ccc2F)CC3)cc1. The summed E-state index contributed by atoms with van der Waals surface area (Å²) in [6, 6.07) is 11.0. The first-order valence-corrected chi connectivity index (χ1v) is 12.1. The molecule has 0 spiro atoms. The Kier molecular flexibility index (Phi) is 6.69. The molecule has 1 atom stereocenters. The van der Waals surface area contributed by atoms with E-state index in [9.17, 15) is 13.6 Å². The van der Waals surface area contributed by atoms with E-state index in [-0.39, 0.29) is 24.3 Å². The second-order valence-corrected chi connectivity index (χ2v) is 9.55. The summed E-state index contributed by atoms with van der Waals surface area (Å²) in [7, 11) is 0. The predicted molar refractivity (Wildman–Crippen MR) is 121 cm³/mol. The fourth-order valence-corrected chi connectivity index (χ4v) is 5.21. The van der Waals surface area contributed by atoms with Crippen molar-refractivity contribution < 1.29 is 13.6 Å². The maximum Gasteiger partial charge on any atom is 0.224 e. The number of fused-ring (bicyclic) bond motifs is 1. The number of thiazole rings is 1. The van der Waals surface area contributed by atoms with Gasteiger partial charge in [-0.15, -0.1) is 23.1 Å². The van der Waals surface area contributed by atoms with Crippen molar-refractivity contribution in [2.75, 3.05) is 12.8 Å². The largest absolute Gasteiger partial charge is 0.337 e. The molecule has 0 saturated carbocycles. The third kappa shape index (κ3) is 5.14. The van der Waals surface area contributed by atoms with E-state index in [1.165, 1.54) is 4.90 Å². The van der Waals surface area contributed by atoms with E-state index in [1.54, 1.807) is 28.0 Å². The van der Waals surface area contributed by atoms with Crippen LogP contribution in [-0.4, -0.2) is 34.6 Å². The van der Waals surface area contributed by atoms with E-state index in [0.29, 0.717) is 19.5 Å². The molecule has 0 saturated heterocycles. The van der Waals surface area contributed by atoms with Crippen LogP contribution in [0.2, 0.25) is 0 Å². The molecule has 1 aromatic heterocycles. The minimum absolute atomic E-state index is 0.0748. The van der Waals surface area contributed by atoms with E-state index in [1.807, 2.05) is 6.26 Å². The molecule has 4 rings (SSSR count). The summed E-state index contributed by atoms with van der Waals surface area (Å²) in [5.74, 6) is -1.09. The fourth-order valence-electron chi connectivity index (χ4n) is 3.67. The molecule has 2 N–H and O–H groups in total. The zero-order valence-corrected chi connectivity index (χ0v) is 18.7. The van der Waals surface area contributed by atoms with Crippen molar-refractivity contribution in [3.8, 4) is 10.6 Å². The first-order chi connectivity index (χ1) is 14.9. The second kappa shape index (κ2) is 9.46. The first-order valence-electron chi connectivity index (χ1n) is 10.0. The number of thioether (sulfide) groups is 1. The zero-order valence-electron chi connectivity index (χ0n) is 17.1. The summed E-state index contributed by atoms with van der Waals surface area (Å²) in [5, 5.41) is 0.963. The first kappa shape index (κ1) is 21.9. The number of rotatable bonds is 6. The van der Waals surface area contributed by atoms with Crippen LogP contribution in [0.3, 0.4) is 0 Å². The van der Waals surface area contributed by atoms with Gasteiger partial charge in [-0.25, -0.2) is 13.8 Å². The fraction of sp³-hybridized carbons (Fsp3) is 0.304. The number of benzene rings is 2. The highest BCUT2D eigenvalue weighted by molar-refractivity contribution is 7.98. The predicted octanol–water partition coefficient (Wildman–Crippen LogP) is 4.66. The molecule has 162 valence electrons. The molecular formula is C23H23F2N3OS2. The number of halogens is 2. The van der Waals surface area contributed by atoms with Crippen LogP contribution in [-0.2, 0) is 24.2 Å². The molecule has 0 fully saturated rings. The van der Waals surface area contributed by atoms with Gasteiger partial charge in [-0.1, -0.05) is 12.1 Å². The Morgan fingerprint density at radius 2 is 2.03 bits per heavy atom. The van der Waals surface area contributed by atoms with Gasteiger partial charge in [-0.2, -0.15) is 0 Å². The number of nitrogens with zero attached hydrogens (tertiary/aromatic N) is 2. The summed E-state index contributed by atoms with van der Waals surface area (Å²) < 4.78 is 27.2. The Labute approximate surface area is 188 Å². The van der Waals surface area contributed by atoms with E-state index in [0.717, 1.165) is 39.3 Å². The standard InChI is InChI=1S/C23H23F2N3OS2/c1-30-18-5-2-14(3-6-18)23-27-20-8-9-28(13-21(20)31-23)22(29)12-17(26)11-15-10-16(24)4-7-19(15)25/h2-7,10,17H,8-9,11-13,26H2,1H3/t17-/m1/s1. The van der Waals surface area contributed by atoms with Crippen LogP contribution >= 0.6 is 23.1 Å². The van der Waals surface area contributed by atoms with Gasteiger partial charge in [0.25, 0.3) is 0 Å². The summed E-state index contributed by atoms with van der Waals surface area (Å²) in [6.45, 7) is 1.09. The smallest absolute Gasteiger partial charge is 0.224 e. The van der Waals surface area contributed by atoms with Crippen molar-refractivity contribution in [2.45, 2.75) is 36.7 Å². The Morgan fingerprint density at radius 1 is 1.26 bits per heavy atom. The van der Waals surface area contributed by atoms with Gasteiger partial charge in [0.15, 0.2) is 0 Å². The number of amides is 1. The lowest BCUT2D eigenvalue weighted by molar-refractivity contribution is -0.132. The van der Waals surface area contributed by atoms with Crippen LogP contribution < -0.4 is 5.73 Å². The Morgan fingerprint density at radius 3 is 2.77 bits per heavy atom. The Balaban J connectivity index is 1.39. The van der Waals surface area contributed by atoms with Crippen LogP contribution in [0.15, 0.2) is 47.4 Å². The summed E-state index contributed by atoms with van der Waals surface area (Å²) in [4.78, 5) is 21.6. The molecular weight excluding hydrogens is 436 g/mol. The molecule has 0 radical (unpaired) electrons. The van der Waals surface area contributed by atoms with Crippen LogP contribution in [0.5, 0.6) is 0 Å². The van der Waals surface area contributed by atoms with Gasteiger partial charge in [0, 0.05) is 40.8 Å². The van der Waals surface area contributed by atoms with Crippen molar-refractivity contribution in [1.29, 1.82) is 0 Å². The van der Waals surface area contributed by atoms with Crippen LogP contribution in [0.4, 0.5) is 8.78 Å². The minimum Gasteiger partial charge on any atom is -0.337 e. The van der Waals surface area contributed by atoms with Crippen LogP contribution in [0.25, 0.3) is 10.6 Å². The number of hydrogen-bond acceptors (Lipinski definition) is 5. The molecule has 2 aromatic carbocycles. The number of hydrogen-bond donors (Lipinski definition) is 1. The monoisotopic (exact) mass is 459 g/mol. The molecule has 31 heavy (non-hydrogen) atoms. The highest BCUT2D eigenvalue weighted by atomic mass is 32.2. The lowest BCUT2D eigenvalue weighted by Gasteiger charge is -2.27. The van der Waals surface area contributed by atoms with Crippen molar-refractivity contribution >= 4 is 29.0 Å². The molecule has 4 nitrogen and oxygen atoms in total. The highest BCUT2D eigenvalue weighted by Crippen LogP contribution is 2.32. The lowest BCUT2D eigenvalue weighted by Crippen LogP contribution is -2.39. The zero-order chi connectivity index (χ0) is 22.0. The van der Waals surface area contributed by atoms with E-state index >= 15 is 0 Å². The molecule has 3 aromatic rings. The molecule has 0 unspecified atom stereocenters. The van der Waals surface area contributed by atoms with Gasteiger partial charge in [-0.3, -0.25) is 4.79 Å². The average molecular weight is 460 g/mol.